The Morgan fingerprint density at radius 2 is 1.26 bits per heavy atom. The normalized spacial score (nSPS) is 10.7. The highest BCUT2D eigenvalue weighted by Crippen LogP contribution is 2.48. The van der Waals surface area contributed by atoms with Gasteiger partial charge in [-0.1, -0.05) is 25.5 Å². The monoisotopic (exact) mass is 419 g/mol. The van der Waals surface area contributed by atoms with Crippen LogP contribution in [0.15, 0.2) is 36.4 Å². The van der Waals surface area contributed by atoms with Crippen molar-refractivity contribution in [2.24, 2.45) is 0 Å². The van der Waals surface area contributed by atoms with Crippen LogP contribution in [0.5, 0.6) is 23.0 Å². The fourth-order valence-corrected chi connectivity index (χ4v) is 4.03. The Balaban J connectivity index is 2.35. The molecule has 0 amide bonds. The average molecular weight is 420 g/mol. The molecule has 0 saturated carbocycles. The first kappa shape index (κ1) is 22.5. The molecule has 0 spiro atoms. The van der Waals surface area contributed by atoms with Gasteiger partial charge in [0.05, 0.1) is 34.0 Å². The SMILES string of the molecule is CCCc1[c]c(-c2ccc(OC)c(C)c2)c(OC)c(-c2ccc(OC)c(C)c2)c1OC. The lowest BCUT2D eigenvalue weighted by Gasteiger charge is -2.21. The number of hydrogen-bond acceptors (Lipinski definition) is 4. The van der Waals surface area contributed by atoms with E-state index in [4.69, 9.17) is 18.9 Å². The highest BCUT2D eigenvalue weighted by atomic mass is 16.5. The quantitative estimate of drug-likeness (QED) is 0.422. The first-order valence-electron chi connectivity index (χ1n) is 10.5. The zero-order valence-electron chi connectivity index (χ0n) is 19.5. The molecule has 0 bridgehead atoms. The van der Waals surface area contributed by atoms with Gasteiger partial charge >= 0.3 is 0 Å². The molecule has 3 aromatic rings. The highest BCUT2D eigenvalue weighted by Gasteiger charge is 2.23. The lowest BCUT2D eigenvalue weighted by molar-refractivity contribution is 0.394. The number of rotatable bonds is 8. The van der Waals surface area contributed by atoms with Crippen molar-refractivity contribution >= 4 is 0 Å². The van der Waals surface area contributed by atoms with Crippen molar-refractivity contribution in [1.82, 2.24) is 0 Å². The molecular weight excluding hydrogens is 388 g/mol. The number of methoxy groups -OCH3 is 4. The standard InChI is InChI=1S/C27H31O4/c1-8-9-21-16-22(19-10-12-23(28-4)17(2)14-19)27(31-7)25(26(21)30-6)20-11-13-24(29-5)18(3)15-20/h10-15H,8-9H2,1-7H3. The molecule has 3 rings (SSSR count). The molecule has 4 nitrogen and oxygen atoms in total. The largest absolute Gasteiger partial charge is 0.496 e. The molecular formula is C27H31O4. The van der Waals surface area contributed by atoms with E-state index in [9.17, 15) is 0 Å². The molecule has 0 fully saturated rings. The van der Waals surface area contributed by atoms with Crippen LogP contribution in [0.3, 0.4) is 0 Å². The Hall–Kier alpha value is -3.14. The first-order valence-corrected chi connectivity index (χ1v) is 10.5. The van der Waals surface area contributed by atoms with Crippen LogP contribution in [-0.4, -0.2) is 28.4 Å². The zero-order chi connectivity index (χ0) is 22.5. The van der Waals surface area contributed by atoms with Gasteiger partial charge in [0.25, 0.3) is 0 Å². The summed E-state index contributed by atoms with van der Waals surface area (Å²) in [5.41, 5.74) is 7.05. The molecule has 0 aliphatic rings. The van der Waals surface area contributed by atoms with Crippen molar-refractivity contribution in [2.75, 3.05) is 28.4 Å². The number of benzene rings is 3. The fraction of sp³-hybridized carbons (Fsp3) is 0.333. The minimum atomic E-state index is 0.742. The number of aryl methyl sites for hydroxylation is 3. The maximum Gasteiger partial charge on any atom is 0.138 e. The van der Waals surface area contributed by atoms with Gasteiger partial charge in [0.1, 0.15) is 23.0 Å². The predicted molar refractivity (Wildman–Crippen MR) is 126 cm³/mol. The second-order valence-electron chi connectivity index (χ2n) is 7.54. The second kappa shape index (κ2) is 9.78. The molecule has 1 radical (unpaired) electrons. The Morgan fingerprint density at radius 3 is 1.74 bits per heavy atom. The lowest BCUT2D eigenvalue weighted by Crippen LogP contribution is -2.02. The highest BCUT2D eigenvalue weighted by molar-refractivity contribution is 5.88. The average Bonchev–Trinajstić information content (AvgIpc) is 2.78. The Kier molecular flexibility index (Phi) is 7.11. The van der Waals surface area contributed by atoms with Gasteiger partial charge in [0.2, 0.25) is 0 Å². The van der Waals surface area contributed by atoms with Gasteiger partial charge in [-0.2, -0.15) is 0 Å². The molecule has 0 saturated heterocycles. The molecule has 0 aliphatic heterocycles. The van der Waals surface area contributed by atoms with Crippen LogP contribution in [0.4, 0.5) is 0 Å². The summed E-state index contributed by atoms with van der Waals surface area (Å²) in [6, 6.07) is 15.9. The molecule has 0 atom stereocenters. The van der Waals surface area contributed by atoms with Gasteiger partial charge in [0.15, 0.2) is 0 Å². The summed E-state index contributed by atoms with van der Waals surface area (Å²) in [5, 5.41) is 0. The van der Waals surface area contributed by atoms with E-state index < -0.39 is 0 Å². The van der Waals surface area contributed by atoms with Crippen LogP contribution in [0, 0.1) is 19.9 Å². The summed E-state index contributed by atoms with van der Waals surface area (Å²) in [6.07, 6.45) is 1.85. The third kappa shape index (κ3) is 4.34. The fourth-order valence-electron chi connectivity index (χ4n) is 4.03. The van der Waals surface area contributed by atoms with Gasteiger partial charge in [-0.25, -0.2) is 0 Å². The van der Waals surface area contributed by atoms with E-state index in [0.29, 0.717) is 0 Å². The molecule has 0 aromatic heterocycles. The van der Waals surface area contributed by atoms with Gasteiger partial charge < -0.3 is 18.9 Å². The summed E-state index contributed by atoms with van der Waals surface area (Å²) < 4.78 is 22.8. The number of hydrogen-bond donors (Lipinski definition) is 0. The van der Waals surface area contributed by atoms with E-state index in [1.54, 1.807) is 28.4 Å². The second-order valence-corrected chi connectivity index (χ2v) is 7.54. The van der Waals surface area contributed by atoms with Crippen molar-refractivity contribution in [3.63, 3.8) is 0 Å². The topological polar surface area (TPSA) is 36.9 Å². The Bertz CT molecular complexity index is 1070. The third-order valence-corrected chi connectivity index (χ3v) is 5.51. The van der Waals surface area contributed by atoms with Crippen LogP contribution in [-0.2, 0) is 6.42 Å². The van der Waals surface area contributed by atoms with Crippen LogP contribution >= 0.6 is 0 Å². The molecule has 31 heavy (non-hydrogen) atoms. The van der Waals surface area contributed by atoms with E-state index in [1.807, 2.05) is 38.1 Å². The van der Waals surface area contributed by atoms with Crippen molar-refractivity contribution in [3.05, 3.63) is 59.2 Å². The maximum atomic E-state index is 5.98. The van der Waals surface area contributed by atoms with Gasteiger partial charge in [-0.15, -0.1) is 0 Å². The summed E-state index contributed by atoms with van der Waals surface area (Å²) in [6.45, 7) is 6.24. The smallest absolute Gasteiger partial charge is 0.138 e. The van der Waals surface area contributed by atoms with Crippen LogP contribution < -0.4 is 18.9 Å². The molecule has 3 aromatic carbocycles. The van der Waals surface area contributed by atoms with Crippen molar-refractivity contribution in [2.45, 2.75) is 33.6 Å². The third-order valence-electron chi connectivity index (χ3n) is 5.51. The summed E-state index contributed by atoms with van der Waals surface area (Å²) in [4.78, 5) is 0. The van der Waals surface area contributed by atoms with Crippen molar-refractivity contribution in [3.8, 4) is 45.3 Å². The molecule has 4 heteroatoms. The van der Waals surface area contributed by atoms with E-state index in [0.717, 1.165) is 74.8 Å². The predicted octanol–water partition coefficient (Wildman–Crippen LogP) is 6.42. The minimum absolute atomic E-state index is 0.742. The maximum absolute atomic E-state index is 5.98. The lowest BCUT2D eigenvalue weighted by atomic mass is 9.90. The van der Waals surface area contributed by atoms with E-state index >= 15 is 0 Å². The van der Waals surface area contributed by atoms with Crippen LogP contribution in [0.25, 0.3) is 22.3 Å². The van der Waals surface area contributed by atoms with Gasteiger partial charge in [-0.05, 0) is 66.8 Å². The summed E-state index contributed by atoms with van der Waals surface area (Å²) in [7, 11) is 6.77. The van der Waals surface area contributed by atoms with E-state index in [-0.39, 0.29) is 0 Å². The summed E-state index contributed by atoms with van der Waals surface area (Å²) >= 11 is 0. The molecule has 163 valence electrons. The van der Waals surface area contributed by atoms with Crippen LogP contribution in [0.2, 0.25) is 0 Å². The Labute approximate surface area is 185 Å². The van der Waals surface area contributed by atoms with Gasteiger partial charge in [-0.3, -0.25) is 0 Å². The minimum Gasteiger partial charge on any atom is -0.496 e. The van der Waals surface area contributed by atoms with Crippen molar-refractivity contribution in [1.29, 1.82) is 0 Å². The van der Waals surface area contributed by atoms with Crippen LogP contribution in [0.1, 0.15) is 30.0 Å². The Morgan fingerprint density at radius 1 is 0.710 bits per heavy atom. The molecule has 0 heterocycles. The van der Waals surface area contributed by atoms with E-state index in [1.165, 1.54) is 0 Å². The number of ether oxygens (including phenoxy) is 4. The first-order chi connectivity index (χ1) is 15.0. The van der Waals surface area contributed by atoms with E-state index in [2.05, 4.69) is 25.1 Å². The molecule has 0 N–H and O–H groups in total. The summed E-state index contributed by atoms with van der Waals surface area (Å²) in [5.74, 6) is 3.25. The zero-order valence-corrected chi connectivity index (χ0v) is 19.5. The molecule has 0 aliphatic carbocycles. The molecule has 0 unspecified atom stereocenters. The van der Waals surface area contributed by atoms with Gasteiger partial charge in [0, 0.05) is 17.2 Å². The van der Waals surface area contributed by atoms with Crippen molar-refractivity contribution < 1.29 is 18.9 Å².